The highest BCUT2D eigenvalue weighted by molar-refractivity contribution is 5.88. The highest BCUT2D eigenvalue weighted by Gasteiger charge is 2.08. The lowest BCUT2D eigenvalue weighted by molar-refractivity contribution is 0.411. The molecule has 0 bridgehead atoms. The van der Waals surface area contributed by atoms with Gasteiger partial charge in [-0.25, -0.2) is 0 Å². The molecule has 0 radical (unpaired) electrons. The smallest absolute Gasteiger partial charge is 0.124 e. The monoisotopic (exact) mass is 303 g/mol. The van der Waals surface area contributed by atoms with E-state index in [1.54, 1.807) is 7.11 Å². The molecule has 4 heteroatoms. The predicted molar refractivity (Wildman–Crippen MR) is 93.9 cm³/mol. The lowest BCUT2D eigenvalue weighted by Gasteiger charge is -2.14. The van der Waals surface area contributed by atoms with Gasteiger partial charge in [-0.05, 0) is 35.0 Å². The van der Waals surface area contributed by atoms with E-state index in [4.69, 9.17) is 4.74 Å². The van der Waals surface area contributed by atoms with Crippen LogP contribution in [0.2, 0.25) is 0 Å². The Morgan fingerprint density at radius 3 is 2.87 bits per heavy atom. The fraction of sp³-hybridized carbons (Fsp3) is 0.105. The third-order valence-corrected chi connectivity index (χ3v) is 4.13. The zero-order chi connectivity index (χ0) is 15.6. The Labute approximate surface area is 134 Å². The van der Waals surface area contributed by atoms with Crippen molar-refractivity contribution in [1.29, 1.82) is 0 Å². The Kier molecular flexibility index (Phi) is 3.35. The minimum atomic E-state index is 0.702. The largest absolute Gasteiger partial charge is 0.496 e. The van der Waals surface area contributed by atoms with Crippen LogP contribution in [0.4, 0.5) is 5.69 Å². The number of rotatable bonds is 4. The van der Waals surface area contributed by atoms with E-state index in [2.05, 4.69) is 58.0 Å². The van der Waals surface area contributed by atoms with Crippen molar-refractivity contribution in [3.8, 4) is 5.75 Å². The number of H-pyrrole nitrogens is 1. The van der Waals surface area contributed by atoms with Crippen LogP contribution in [0.1, 0.15) is 5.56 Å². The van der Waals surface area contributed by atoms with Gasteiger partial charge < -0.3 is 10.1 Å². The van der Waals surface area contributed by atoms with E-state index in [1.807, 2.05) is 18.3 Å². The van der Waals surface area contributed by atoms with Gasteiger partial charge in [-0.3, -0.25) is 5.10 Å². The first-order valence-electron chi connectivity index (χ1n) is 7.57. The summed E-state index contributed by atoms with van der Waals surface area (Å²) in [7, 11) is 1.71. The summed E-state index contributed by atoms with van der Waals surface area (Å²) in [5.74, 6) is 0.903. The lowest BCUT2D eigenvalue weighted by Crippen LogP contribution is -2.02. The van der Waals surface area contributed by atoms with Crippen molar-refractivity contribution in [3.63, 3.8) is 0 Å². The fourth-order valence-corrected chi connectivity index (χ4v) is 2.93. The Balaban J connectivity index is 1.68. The number of nitrogens with one attached hydrogen (secondary N) is 2. The van der Waals surface area contributed by atoms with Crippen molar-refractivity contribution < 1.29 is 4.74 Å². The summed E-state index contributed by atoms with van der Waals surface area (Å²) in [6.45, 7) is 0.702. The van der Waals surface area contributed by atoms with Gasteiger partial charge in [0.1, 0.15) is 5.75 Å². The molecule has 0 aliphatic carbocycles. The van der Waals surface area contributed by atoms with E-state index < -0.39 is 0 Å². The van der Waals surface area contributed by atoms with E-state index in [0.717, 1.165) is 27.9 Å². The molecule has 1 aromatic heterocycles. The molecule has 114 valence electrons. The molecule has 4 nitrogen and oxygen atoms in total. The van der Waals surface area contributed by atoms with Gasteiger partial charge >= 0.3 is 0 Å². The normalized spacial score (nSPS) is 11.0. The molecule has 4 aromatic rings. The molecule has 0 fully saturated rings. The number of aromatic nitrogens is 2. The number of fused-ring (bicyclic) bond motifs is 2. The maximum absolute atomic E-state index is 5.54. The molecular weight excluding hydrogens is 286 g/mol. The van der Waals surface area contributed by atoms with Crippen LogP contribution in [-0.4, -0.2) is 17.3 Å². The van der Waals surface area contributed by atoms with E-state index in [-0.39, 0.29) is 0 Å². The van der Waals surface area contributed by atoms with Crippen LogP contribution in [0.15, 0.2) is 60.8 Å². The third kappa shape index (κ3) is 2.48. The zero-order valence-electron chi connectivity index (χ0n) is 12.8. The second-order valence-corrected chi connectivity index (χ2v) is 5.49. The highest BCUT2D eigenvalue weighted by atomic mass is 16.5. The van der Waals surface area contributed by atoms with Gasteiger partial charge in [0.05, 0.1) is 18.8 Å². The first kappa shape index (κ1) is 13.6. The number of benzene rings is 3. The van der Waals surface area contributed by atoms with Crippen molar-refractivity contribution in [2.75, 3.05) is 12.4 Å². The number of aromatic amines is 1. The van der Waals surface area contributed by atoms with Crippen LogP contribution in [-0.2, 0) is 6.54 Å². The Morgan fingerprint density at radius 1 is 1.04 bits per heavy atom. The molecule has 0 amide bonds. The average molecular weight is 303 g/mol. The molecular formula is C19H17N3O. The molecule has 4 rings (SSSR count). The van der Waals surface area contributed by atoms with Crippen molar-refractivity contribution in [1.82, 2.24) is 10.2 Å². The molecule has 0 aliphatic heterocycles. The summed E-state index contributed by atoms with van der Waals surface area (Å²) in [6.07, 6.45) is 1.83. The van der Waals surface area contributed by atoms with Crippen LogP contribution >= 0.6 is 0 Å². The van der Waals surface area contributed by atoms with Crippen LogP contribution in [0.3, 0.4) is 0 Å². The number of nitrogens with zero attached hydrogens (tertiary/aromatic N) is 1. The van der Waals surface area contributed by atoms with Gasteiger partial charge in [0.2, 0.25) is 0 Å². The molecule has 0 unspecified atom stereocenters. The molecule has 0 saturated heterocycles. The number of methoxy groups -OCH3 is 1. The highest BCUT2D eigenvalue weighted by Crippen LogP contribution is 2.29. The van der Waals surface area contributed by atoms with Crippen LogP contribution in [0.25, 0.3) is 21.7 Å². The molecule has 3 aromatic carbocycles. The fourth-order valence-electron chi connectivity index (χ4n) is 2.93. The summed E-state index contributed by atoms with van der Waals surface area (Å²) in [6, 6.07) is 18.7. The Morgan fingerprint density at radius 2 is 1.96 bits per heavy atom. The van der Waals surface area contributed by atoms with Crippen LogP contribution in [0, 0.1) is 0 Å². The third-order valence-electron chi connectivity index (χ3n) is 4.13. The predicted octanol–water partition coefficient (Wildman–Crippen LogP) is 4.34. The SMILES string of the molecule is COc1ccc2ccccc2c1CNc1ccc2[nH]ncc2c1. The molecule has 0 saturated carbocycles. The molecule has 0 atom stereocenters. The molecule has 0 aliphatic rings. The summed E-state index contributed by atoms with van der Waals surface area (Å²) in [5.41, 5.74) is 3.27. The minimum Gasteiger partial charge on any atom is -0.496 e. The summed E-state index contributed by atoms with van der Waals surface area (Å²) < 4.78 is 5.54. The van der Waals surface area contributed by atoms with E-state index >= 15 is 0 Å². The molecule has 1 heterocycles. The van der Waals surface area contributed by atoms with Crippen molar-refractivity contribution >= 4 is 27.4 Å². The van der Waals surface area contributed by atoms with Gasteiger partial charge in [-0.1, -0.05) is 30.3 Å². The Bertz CT molecular complexity index is 975. The van der Waals surface area contributed by atoms with Crippen LogP contribution < -0.4 is 10.1 Å². The van der Waals surface area contributed by atoms with Crippen molar-refractivity contribution in [2.24, 2.45) is 0 Å². The molecule has 23 heavy (non-hydrogen) atoms. The number of hydrogen-bond donors (Lipinski definition) is 2. The van der Waals surface area contributed by atoms with E-state index in [0.29, 0.717) is 6.54 Å². The van der Waals surface area contributed by atoms with Gasteiger partial charge in [0, 0.05) is 23.2 Å². The zero-order valence-corrected chi connectivity index (χ0v) is 12.8. The second-order valence-electron chi connectivity index (χ2n) is 5.49. The summed E-state index contributed by atoms with van der Waals surface area (Å²) >= 11 is 0. The maximum atomic E-state index is 5.54. The van der Waals surface area contributed by atoms with Gasteiger partial charge in [-0.15, -0.1) is 0 Å². The first-order chi connectivity index (χ1) is 11.3. The van der Waals surface area contributed by atoms with Gasteiger partial charge in [-0.2, -0.15) is 5.10 Å². The van der Waals surface area contributed by atoms with Crippen molar-refractivity contribution in [3.05, 3.63) is 66.4 Å². The summed E-state index contributed by atoms with van der Waals surface area (Å²) in [4.78, 5) is 0. The number of anilines is 1. The molecule has 2 N–H and O–H groups in total. The van der Waals surface area contributed by atoms with Gasteiger partial charge in [0.25, 0.3) is 0 Å². The number of hydrogen-bond acceptors (Lipinski definition) is 3. The van der Waals surface area contributed by atoms with Crippen molar-refractivity contribution in [2.45, 2.75) is 6.54 Å². The van der Waals surface area contributed by atoms with Gasteiger partial charge in [0.15, 0.2) is 0 Å². The van der Waals surface area contributed by atoms with E-state index in [1.165, 1.54) is 10.8 Å². The first-order valence-corrected chi connectivity index (χ1v) is 7.57. The topological polar surface area (TPSA) is 49.9 Å². The minimum absolute atomic E-state index is 0.702. The second kappa shape index (κ2) is 5.65. The standard InChI is InChI=1S/C19H17N3O/c1-23-19-9-6-13-4-2-3-5-16(13)17(19)12-20-15-7-8-18-14(10-15)11-21-22-18/h2-11,20H,12H2,1H3,(H,21,22). The van der Waals surface area contributed by atoms with Crippen LogP contribution in [0.5, 0.6) is 5.75 Å². The average Bonchev–Trinajstić information content (AvgIpc) is 3.07. The lowest BCUT2D eigenvalue weighted by atomic mass is 10.0. The Hall–Kier alpha value is -3.01. The van der Waals surface area contributed by atoms with E-state index in [9.17, 15) is 0 Å². The maximum Gasteiger partial charge on any atom is 0.124 e. The quantitative estimate of drug-likeness (QED) is 0.590. The summed E-state index contributed by atoms with van der Waals surface area (Å²) in [5, 5.41) is 14.0. The number of ether oxygens (including phenoxy) is 1. The molecule has 0 spiro atoms.